The molecule has 1 saturated heterocycles. The Bertz CT molecular complexity index is 1060. The molecule has 1 aliphatic carbocycles. The molecule has 1 aliphatic heterocycles. The summed E-state index contributed by atoms with van der Waals surface area (Å²) in [4.78, 5) is 14.1. The molecule has 1 heterocycles. The molecular formula is C25H31N3O3S. The lowest BCUT2D eigenvalue weighted by Gasteiger charge is -2.32. The van der Waals surface area contributed by atoms with Crippen molar-refractivity contribution in [1.29, 1.82) is 0 Å². The average Bonchev–Trinajstić information content (AvgIpc) is 3.53. The van der Waals surface area contributed by atoms with Crippen molar-refractivity contribution in [3.8, 4) is 0 Å². The molecule has 0 bridgehead atoms. The number of likely N-dealkylation sites (tertiary alicyclic amines) is 1. The lowest BCUT2D eigenvalue weighted by Crippen LogP contribution is -2.43. The fourth-order valence-corrected chi connectivity index (χ4v) is 4.88. The van der Waals surface area contributed by atoms with Crippen molar-refractivity contribution in [2.75, 3.05) is 19.3 Å². The molecule has 4 rings (SSSR count). The first-order valence-electron chi connectivity index (χ1n) is 11.2. The van der Waals surface area contributed by atoms with E-state index in [1.54, 1.807) is 6.08 Å². The van der Waals surface area contributed by atoms with Crippen LogP contribution in [0.15, 0.2) is 60.7 Å². The zero-order valence-electron chi connectivity index (χ0n) is 18.4. The molecule has 1 saturated carbocycles. The van der Waals surface area contributed by atoms with E-state index in [0.29, 0.717) is 18.0 Å². The third-order valence-electron chi connectivity index (χ3n) is 6.13. The lowest BCUT2D eigenvalue weighted by atomic mass is 10.0. The maximum Gasteiger partial charge on any atom is 0.257 e. The molecule has 170 valence electrons. The Morgan fingerprint density at radius 2 is 1.84 bits per heavy atom. The summed E-state index contributed by atoms with van der Waals surface area (Å²) in [6.45, 7) is 3.01. The SMILES string of the molecule is CS(=O)(=O)NC(=O)C=Cc1cccc(CN2CCC(N[C@@H]3C[C@H]3c3ccccc3)CC2)c1. The number of benzene rings is 2. The topological polar surface area (TPSA) is 78.5 Å². The van der Waals surface area contributed by atoms with E-state index in [2.05, 4.69) is 46.6 Å². The first kappa shape index (κ1) is 22.7. The van der Waals surface area contributed by atoms with Gasteiger partial charge in [-0.05, 0) is 55.1 Å². The predicted octanol–water partition coefficient (Wildman–Crippen LogP) is 2.89. The molecule has 2 aromatic rings. The number of amides is 1. The average molecular weight is 454 g/mol. The summed E-state index contributed by atoms with van der Waals surface area (Å²) in [7, 11) is -3.54. The minimum Gasteiger partial charge on any atom is -0.311 e. The van der Waals surface area contributed by atoms with E-state index in [1.807, 2.05) is 22.9 Å². The van der Waals surface area contributed by atoms with Gasteiger partial charge in [-0.15, -0.1) is 0 Å². The van der Waals surface area contributed by atoms with Crippen LogP contribution in [0, 0.1) is 0 Å². The van der Waals surface area contributed by atoms with Crippen LogP contribution in [0.4, 0.5) is 0 Å². The Hall–Kier alpha value is -2.48. The van der Waals surface area contributed by atoms with Crippen LogP contribution in [0.3, 0.4) is 0 Å². The number of carbonyl (C=O) groups is 1. The third-order valence-corrected chi connectivity index (χ3v) is 6.70. The summed E-state index contributed by atoms with van der Waals surface area (Å²) in [6, 6.07) is 20.0. The number of nitrogens with zero attached hydrogens (tertiary/aromatic N) is 1. The zero-order valence-corrected chi connectivity index (χ0v) is 19.2. The van der Waals surface area contributed by atoms with Gasteiger partial charge in [0.2, 0.25) is 10.0 Å². The van der Waals surface area contributed by atoms with Crippen LogP contribution in [-0.2, 0) is 21.4 Å². The molecule has 7 heteroatoms. The van der Waals surface area contributed by atoms with Crippen LogP contribution in [-0.4, -0.2) is 50.7 Å². The molecule has 2 fully saturated rings. The van der Waals surface area contributed by atoms with Gasteiger partial charge in [-0.3, -0.25) is 9.69 Å². The Morgan fingerprint density at radius 3 is 2.56 bits per heavy atom. The van der Waals surface area contributed by atoms with E-state index in [4.69, 9.17) is 0 Å². The van der Waals surface area contributed by atoms with Crippen LogP contribution in [0.1, 0.15) is 41.9 Å². The highest BCUT2D eigenvalue weighted by Crippen LogP contribution is 2.41. The zero-order chi connectivity index (χ0) is 22.6. The van der Waals surface area contributed by atoms with E-state index in [1.165, 1.54) is 23.6 Å². The van der Waals surface area contributed by atoms with Gasteiger partial charge in [0.25, 0.3) is 5.91 Å². The van der Waals surface area contributed by atoms with Gasteiger partial charge in [0.15, 0.2) is 0 Å². The van der Waals surface area contributed by atoms with Gasteiger partial charge in [-0.25, -0.2) is 13.1 Å². The number of piperidine rings is 1. The van der Waals surface area contributed by atoms with E-state index in [9.17, 15) is 13.2 Å². The van der Waals surface area contributed by atoms with E-state index >= 15 is 0 Å². The van der Waals surface area contributed by atoms with Crippen molar-refractivity contribution in [1.82, 2.24) is 14.9 Å². The second-order valence-corrected chi connectivity index (χ2v) is 10.6. The molecule has 2 atom stereocenters. The second kappa shape index (κ2) is 9.98. The van der Waals surface area contributed by atoms with Crippen LogP contribution in [0.25, 0.3) is 6.08 Å². The van der Waals surface area contributed by atoms with Gasteiger partial charge in [0, 0.05) is 30.6 Å². The molecule has 1 amide bonds. The quantitative estimate of drug-likeness (QED) is 0.601. The van der Waals surface area contributed by atoms with Gasteiger partial charge in [0.05, 0.1) is 6.26 Å². The van der Waals surface area contributed by atoms with Crippen molar-refractivity contribution in [2.24, 2.45) is 0 Å². The first-order chi connectivity index (χ1) is 15.4. The summed E-state index contributed by atoms with van der Waals surface area (Å²) in [5, 5.41) is 3.86. The smallest absolute Gasteiger partial charge is 0.257 e. The number of sulfonamides is 1. The fourth-order valence-electron chi connectivity index (χ4n) is 4.45. The minimum absolute atomic E-state index is 0.590. The minimum atomic E-state index is -3.54. The Morgan fingerprint density at radius 1 is 1.09 bits per heavy atom. The number of rotatable bonds is 8. The number of carbonyl (C=O) groups excluding carboxylic acids is 1. The molecule has 0 aromatic heterocycles. The molecule has 2 aromatic carbocycles. The van der Waals surface area contributed by atoms with Gasteiger partial charge in [0.1, 0.15) is 0 Å². The molecule has 0 spiro atoms. The Balaban J connectivity index is 1.22. The highest BCUT2D eigenvalue weighted by atomic mass is 32.2. The van der Waals surface area contributed by atoms with Crippen LogP contribution in [0.2, 0.25) is 0 Å². The van der Waals surface area contributed by atoms with Gasteiger partial charge in [-0.2, -0.15) is 0 Å². The first-order valence-corrected chi connectivity index (χ1v) is 13.1. The fraction of sp³-hybridized carbons (Fsp3) is 0.400. The highest BCUT2D eigenvalue weighted by molar-refractivity contribution is 7.89. The number of hydrogen-bond donors (Lipinski definition) is 2. The number of hydrogen-bond acceptors (Lipinski definition) is 5. The summed E-state index contributed by atoms with van der Waals surface area (Å²) >= 11 is 0. The molecule has 2 aliphatic rings. The monoisotopic (exact) mass is 453 g/mol. The standard InChI is InChI=1S/C25H31N3O3S/c1-32(30,31)27-25(29)11-10-19-6-5-7-20(16-19)18-28-14-12-22(13-15-28)26-24-17-23(24)21-8-3-2-4-9-21/h2-11,16,22-24,26H,12-15,17-18H2,1H3,(H,27,29)/t23-,24+/m0/s1. The summed E-state index contributed by atoms with van der Waals surface area (Å²) in [6.07, 6.45) is 7.40. The predicted molar refractivity (Wildman–Crippen MR) is 127 cm³/mol. The van der Waals surface area contributed by atoms with Crippen LogP contribution in [0.5, 0.6) is 0 Å². The summed E-state index contributed by atoms with van der Waals surface area (Å²) in [5.74, 6) is 0.0298. The normalized spacial score (nSPS) is 22.2. The van der Waals surface area contributed by atoms with Gasteiger partial charge >= 0.3 is 0 Å². The molecular weight excluding hydrogens is 422 g/mol. The number of nitrogens with one attached hydrogen (secondary N) is 2. The molecule has 6 nitrogen and oxygen atoms in total. The summed E-state index contributed by atoms with van der Waals surface area (Å²) < 4.78 is 24.2. The van der Waals surface area contributed by atoms with Crippen LogP contribution < -0.4 is 10.0 Å². The largest absolute Gasteiger partial charge is 0.311 e. The molecule has 2 N–H and O–H groups in total. The third kappa shape index (κ3) is 6.76. The maximum atomic E-state index is 11.7. The molecule has 32 heavy (non-hydrogen) atoms. The maximum absolute atomic E-state index is 11.7. The molecule has 0 unspecified atom stereocenters. The molecule has 0 radical (unpaired) electrons. The van der Waals surface area contributed by atoms with Crippen molar-refractivity contribution in [3.63, 3.8) is 0 Å². The summed E-state index contributed by atoms with van der Waals surface area (Å²) in [5.41, 5.74) is 3.52. The van der Waals surface area contributed by atoms with Crippen molar-refractivity contribution < 1.29 is 13.2 Å². The lowest BCUT2D eigenvalue weighted by molar-refractivity contribution is -0.114. The highest BCUT2D eigenvalue weighted by Gasteiger charge is 2.39. The van der Waals surface area contributed by atoms with E-state index in [-0.39, 0.29) is 0 Å². The Kier molecular flexibility index (Phi) is 7.08. The van der Waals surface area contributed by atoms with Crippen molar-refractivity contribution in [2.45, 2.75) is 43.8 Å². The van der Waals surface area contributed by atoms with Crippen molar-refractivity contribution in [3.05, 3.63) is 77.4 Å². The second-order valence-electron chi connectivity index (χ2n) is 8.89. The van der Waals surface area contributed by atoms with Crippen LogP contribution >= 0.6 is 0 Å². The van der Waals surface area contributed by atoms with Gasteiger partial charge < -0.3 is 5.32 Å². The Labute approximate surface area is 190 Å². The van der Waals surface area contributed by atoms with Gasteiger partial charge in [-0.1, -0.05) is 54.6 Å². The van der Waals surface area contributed by atoms with E-state index in [0.717, 1.165) is 44.3 Å². The van der Waals surface area contributed by atoms with Crippen molar-refractivity contribution >= 4 is 22.0 Å². The van der Waals surface area contributed by atoms with E-state index < -0.39 is 15.9 Å².